The van der Waals surface area contributed by atoms with Gasteiger partial charge in [-0.3, -0.25) is 0 Å². The monoisotopic (exact) mass is 211 g/mol. The van der Waals surface area contributed by atoms with Gasteiger partial charge < -0.3 is 5.32 Å². The molecule has 0 aliphatic carbocycles. The van der Waals surface area contributed by atoms with Crippen LogP contribution in [0.2, 0.25) is 0 Å². The van der Waals surface area contributed by atoms with E-state index >= 15 is 0 Å². The van der Waals surface area contributed by atoms with Crippen LogP contribution in [0.15, 0.2) is 24.3 Å². The number of hydrogen-bond acceptors (Lipinski definition) is 2. The Morgan fingerprint density at radius 1 is 1.36 bits per heavy atom. The van der Waals surface area contributed by atoms with Crippen molar-refractivity contribution in [1.29, 1.82) is 0 Å². The Bertz CT molecular complexity index is 291. The third kappa shape index (κ3) is 2.28. The number of halogens is 1. The first-order chi connectivity index (χ1) is 6.75. The second-order valence-corrected chi connectivity index (χ2v) is 4.92. The van der Waals surface area contributed by atoms with Gasteiger partial charge >= 0.3 is 0 Å². The number of nitrogens with one attached hydrogen (secondary N) is 1. The molecule has 2 unspecified atom stereocenters. The van der Waals surface area contributed by atoms with E-state index in [1.165, 1.54) is 23.4 Å². The molecule has 3 heteroatoms. The molecule has 1 nitrogen and oxygen atoms in total. The highest BCUT2D eigenvalue weighted by atomic mass is 32.2. The van der Waals surface area contributed by atoms with Crippen molar-refractivity contribution in [3.05, 3.63) is 35.6 Å². The molecule has 1 aromatic carbocycles. The lowest BCUT2D eigenvalue weighted by molar-refractivity contribution is 0.529. The van der Waals surface area contributed by atoms with Crippen LogP contribution in [-0.2, 0) is 0 Å². The molecule has 14 heavy (non-hydrogen) atoms. The van der Waals surface area contributed by atoms with Crippen LogP contribution in [0.5, 0.6) is 0 Å². The SMILES string of the molecule is CC1CNC(c2ccc(F)cc2)SC1. The fourth-order valence-corrected chi connectivity index (χ4v) is 2.74. The fourth-order valence-electron chi connectivity index (χ4n) is 1.54. The van der Waals surface area contributed by atoms with Crippen LogP contribution in [0.1, 0.15) is 17.9 Å². The van der Waals surface area contributed by atoms with Crippen LogP contribution in [0.4, 0.5) is 4.39 Å². The molecule has 0 saturated carbocycles. The van der Waals surface area contributed by atoms with Gasteiger partial charge in [0.1, 0.15) is 5.82 Å². The summed E-state index contributed by atoms with van der Waals surface area (Å²) >= 11 is 1.90. The molecule has 1 fully saturated rings. The van der Waals surface area contributed by atoms with E-state index in [1.54, 1.807) is 0 Å². The maximum atomic E-state index is 12.7. The zero-order valence-electron chi connectivity index (χ0n) is 8.16. The molecule has 1 heterocycles. The van der Waals surface area contributed by atoms with Gasteiger partial charge in [-0.1, -0.05) is 19.1 Å². The summed E-state index contributed by atoms with van der Waals surface area (Å²) in [5.74, 6) is 1.74. The summed E-state index contributed by atoms with van der Waals surface area (Å²) in [7, 11) is 0. The van der Waals surface area contributed by atoms with Gasteiger partial charge in [-0.15, -0.1) is 11.8 Å². The van der Waals surface area contributed by atoms with Crippen LogP contribution in [0, 0.1) is 11.7 Å². The van der Waals surface area contributed by atoms with Crippen molar-refractivity contribution in [2.75, 3.05) is 12.3 Å². The molecular formula is C11H14FNS. The molecule has 76 valence electrons. The summed E-state index contributed by atoms with van der Waals surface area (Å²) in [6.45, 7) is 3.29. The Labute approximate surface area is 88.1 Å². The highest BCUT2D eigenvalue weighted by Crippen LogP contribution is 2.31. The Morgan fingerprint density at radius 3 is 2.64 bits per heavy atom. The topological polar surface area (TPSA) is 12.0 Å². The molecule has 0 radical (unpaired) electrons. The smallest absolute Gasteiger partial charge is 0.123 e. The Hall–Kier alpha value is -0.540. The predicted molar refractivity (Wildman–Crippen MR) is 58.8 cm³/mol. The third-order valence-corrected chi connectivity index (χ3v) is 3.91. The second-order valence-electron chi connectivity index (χ2n) is 3.78. The van der Waals surface area contributed by atoms with Gasteiger partial charge in [-0.2, -0.15) is 0 Å². The second kappa shape index (κ2) is 4.32. The summed E-state index contributed by atoms with van der Waals surface area (Å²) in [4.78, 5) is 0. The molecule has 1 aliphatic heterocycles. The van der Waals surface area contributed by atoms with E-state index in [1.807, 2.05) is 23.9 Å². The molecule has 0 spiro atoms. The van der Waals surface area contributed by atoms with Crippen LogP contribution in [0.3, 0.4) is 0 Å². The lowest BCUT2D eigenvalue weighted by Crippen LogP contribution is -2.31. The van der Waals surface area contributed by atoms with Gasteiger partial charge in [0, 0.05) is 0 Å². The van der Waals surface area contributed by atoms with E-state index in [0.717, 1.165) is 12.5 Å². The molecular weight excluding hydrogens is 197 g/mol. The molecule has 2 atom stereocenters. The summed E-state index contributed by atoms with van der Waals surface area (Å²) in [5.41, 5.74) is 1.17. The molecule has 1 N–H and O–H groups in total. The van der Waals surface area contributed by atoms with E-state index in [0.29, 0.717) is 5.37 Å². The van der Waals surface area contributed by atoms with Gasteiger partial charge in [-0.05, 0) is 35.9 Å². The number of thioether (sulfide) groups is 1. The standard InChI is InChI=1S/C11H14FNS/c1-8-6-13-11(14-7-8)9-2-4-10(12)5-3-9/h2-5,8,11,13H,6-7H2,1H3. The lowest BCUT2D eigenvalue weighted by Gasteiger charge is -2.27. The zero-order valence-corrected chi connectivity index (χ0v) is 8.98. The van der Waals surface area contributed by atoms with Crippen molar-refractivity contribution in [2.45, 2.75) is 12.3 Å². The van der Waals surface area contributed by atoms with E-state index in [-0.39, 0.29) is 5.82 Å². The van der Waals surface area contributed by atoms with E-state index in [4.69, 9.17) is 0 Å². The average Bonchev–Trinajstić information content (AvgIpc) is 2.21. The van der Waals surface area contributed by atoms with Crippen LogP contribution >= 0.6 is 11.8 Å². The third-order valence-electron chi connectivity index (χ3n) is 2.37. The first kappa shape index (κ1) is 9.99. The van der Waals surface area contributed by atoms with Gasteiger partial charge in [0.25, 0.3) is 0 Å². The summed E-state index contributed by atoms with van der Waals surface area (Å²) in [6, 6.07) is 6.76. The summed E-state index contributed by atoms with van der Waals surface area (Å²) < 4.78 is 12.7. The maximum Gasteiger partial charge on any atom is 0.123 e. The largest absolute Gasteiger partial charge is 0.301 e. The minimum Gasteiger partial charge on any atom is -0.301 e. The Balaban J connectivity index is 2.05. The van der Waals surface area contributed by atoms with Crippen molar-refractivity contribution in [3.8, 4) is 0 Å². The van der Waals surface area contributed by atoms with Crippen molar-refractivity contribution in [3.63, 3.8) is 0 Å². The Morgan fingerprint density at radius 2 is 2.07 bits per heavy atom. The number of hydrogen-bond donors (Lipinski definition) is 1. The first-order valence-electron chi connectivity index (χ1n) is 4.86. The highest BCUT2D eigenvalue weighted by Gasteiger charge is 2.18. The van der Waals surface area contributed by atoms with Gasteiger partial charge in [0.05, 0.1) is 5.37 Å². The Kier molecular flexibility index (Phi) is 3.08. The van der Waals surface area contributed by atoms with Gasteiger partial charge in [0.2, 0.25) is 0 Å². The quantitative estimate of drug-likeness (QED) is 0.766. The minimum absolute atomic E-state index is 0.164. The van der Waals surface area contributed by atoms with Crippen molar-refractivity contribution >= 4 is 11.8 Å². The molecule has 0 aromatic heterocycles. The van der Waals surface area contributed by atoms with Crippen LogP contribution in [0.25, 0.3) is 0 Å². The predicted octanol–water partition coefficient (Wildman–Crippen LogP) is 2.80. The minimum atomic E-state index is -0.164. The van der Waals surface area contributed by atoms with E-state index in [9.17, 15) is 4.39 Å². The van der Waals surface area contributed by atoms with Crippen molar-refractivity contribution in [1.82, 2.24) is 5.32 Å². The molecule has 0 amide bonds. The van der Waals surface area contributed by atoms with Gasteiger partial charge in [-0.25, -0.2) is 4.39 Å². The lowest BCUT2D eigenvalue weighted by atomic mass is 10.2. The highest BCUT2D eigenvalue weighted by molar-refractivity contribution is 7.99. The van der Waals surface area contributed by atoms with Crippen molar-refractivity contribution in [2.24, 2.45) is 5.92 Å². The first-order valence-corrected chi connectivity index (χ1v) is 5.91. The van der Waals surface area contributed by atoms with Gasteiger partial charge in [0.15, 0.2) is 0 Å². The van der Waals surface area contributed by atoms with E-state index in [2.05, 4.69) is 12.2 Å². The number of rotatable bonds is 1. The van der Waals surface area contributed by atoms with Crippen LogP contribution < -0.4 is 5.32 Å². The molecule has 1 aromatic rings. The normalized spacial score (nSPS) is 27.6. The zero-order chi connectivity index (χ0) is 9.97. The van der Waals surface area contributed by atoms with E-state index < -0.39 is 0 Å². The summed E-state index contributed by atoms with van der Waals surface area (Å²) in [5, 5.41) is 3.78. The number of benzene rings is 1. The molecule has 0 bridgehead atoms. The molecule has 1 saturated heterocycles. The average molecular weight is 211 g/mol. The van der Waals surface area contributed by atoms with Crippen molar-refractivity contribution < 1.29 is 4.39 Å². The summed E-state index contributed by atoms with van der Waals surface area (Å²) in [6.07, 6.45) is 0. The maximum absolute atomic E-state index is 12.7. The fraction of sp³-hybridized carbons (Fsp3) is 0.455. The molecule has 2 rings (SSSR count). The van der Waals surface area contributed by atoms with Crippen LogP contribution in [-0.4, -0.2) is 12.3 Å². The molecule has 1 aliphatic rings.